The van der Waals surface area contributed by atoms with Crippen molar-refractivity contribution in [3.05, 3.63) is 106 Å². The third-order valence-electron chi connectivity index (χ3n) is 5.23. The van der Waals surface area contributed by atoms with Crippen LogP contribution in [0.3, 0.4) is 0 Å². The number of hydrogen-bond acceptors (Lipinski definition) is 7. The molecule has 7 nitrogen and oxygen atoms in total. The van der Waals surface area contributed by atoms with E-state index in [1.807, 2.05) is 0 Å². The molecule has 2 N–H and O–H groups in total. The van der Waals surface area contributed by atoms with Crippen molar-refractivity contribution in [2.45, 2.75) is 5.92 Å². The Morgan fingerprint density at radius 1 is 0.806 bits per heavy atom. The van der Waals surface area contributed by atoms with Crippen LogP contribution in [0.4, 0.5) is 22.0 Å². The fraction of sp³-hybridized carbons (Fsp3) is 0.0417. The number of hydrazone groups is 1. The van der Waals surface area contributed by atoms with Crippen LogP contribution in [0.5, 0.6) is 5.75 Å². The van der Waals surface area contributed by atoms with E-state index < -0.39 is 46.7 Å². The Morgan fingerprint density at radius 3 is 1.83 bits per heavy atom. The quantitative estimate of drug-likeness (QED) is 0.0660. The molecule has 0 amide bonds. The van der Waals surface area contributed by atoms with Crippen LogP contribution in [-0.2, 0) is 9.59 Å². The van der Waals surface area contributed by atoms with Gasteiger partial charge in [0.15, 0.2) is 11.6 Å². The van der Waals surface area contributed by atoms with Crippen LogP contribution >= 0.6 is 0 Å². The first kappa shape index (κ1) is 24.4. The lowest BCUT2D eigenvalue weighted by Gasteiger charge is -2.10. The molecule has 12 heteroatoms. The highest BCUT2D eigenvalue weighted by Crippen LogP contribution is 2.30. The van der Waals surface area contributed by atoms with E-state index in [2.05, 4.69) is 14.8 Å². The van der Waals surface area contributed by atoms with E-state index in [0.29, 0.717) is 11.1 Å². The van der Waals surface area contributed by atoms with Crippen molar-refractivity contribution in [3.63, 3.8) is 0 Å². The van der Waals surface area contributed by atoms with Gasteiger partial charge in [-0.05, 0) is 35.9 Å². The van der Waals surface area contributed by atoms with Crippen molar-refractivity contribution in [2.75, 3.05) is 0 Å². The summed E-state index contributed by atoms with van der Waals surface area (Å²) in [5.74, 6) is -10.8. The SMILES string of the molecule is NN=C(c1ccc(C(=O)Oc2c(F)c(F)c(F)c(F)c2F)cc1)c1ccc(C2C(=O)C=CC2=O)cn1. The molecule has 0 atom stereocenters. The number of ether oxygens (including phenoxy) is 1. The van der Waals surface area contributed by atoms with Gasteiger partial charge in [0.25, 0.3) is 0 Å². The van der Waals surface area contributed by atoms with Gasteiger partial charge in [0.1, 0.15) is 11.6 Å². The van der Waals surface area contributed by atoms with Crippen molar-refractivity contribution < 1.29 is 41.1 Å². The van der Waals surface area contributed by atoms with Crippen molar-refractivity contribution in [2.24, 2.45) is 10.9 Å². The van der Waals surface area contributed by atoms with Gasteiger partial charge >= 0.3 is 5.97 Å². The summed E-state index contributed by atoms with van der Waals surface area (Å²) in [6.07, 6.45) is 3.70. The van der Waals surface area contributed by atoms with Crippen LogP contribution in [0.2, 0.25) is 0 Å². The minimum absolute atomic E-state index is 0.142. The average molecular weight is 501 g/mol. The molecule has 0 spiro atoms. The maximum Gasteiger partial charge on any atom is 0.343 e. The zero-order valence-corrected chi connectivity index (χ0v) is 17.8. The summed E-state index contributed by atoms with van der Waals surface area (Å²) in [7, 11) is 0. The molecule has 0 saturated carbocycles. The zero-order valence-electron chi connectivity index (χ0n) is 17.8. The molecular weight excluding hydrogens is 489 g/mol. The topological polar surface area (TPSA) is 112 Å². The van der Waals surface area contributed by atoms with Gasteiger partial charge in [0.05, 0.1) is 11.3 Å². The Morgan fingerprint density at radius 2 is 1.33 bits per heavy atom. The highest BCUT2D eigenvalue weighted by molar-refractivity contribution is 6.22. The molecule has 0 unspecified atom stereocenters. The predicted octanol–water partition coefficient (Wildman–Crippen LogP) is 3.50. The Hall–Kier alpha value is -4.74. The Labute approximate surface area is 198 Å². The first-order valence-electron chi connectivity index (χ1n) is 9.98. The fourth-order valence-electron chi connectivity index (χ4n) is 3.42. The smallest absolute Gasteiger partial charge is 0.343 e. The molecule has 1 aliphatic carbocycles. The number of nitrogens with zero attached hydrogens (tertiary/aromatic N) is 2. The number of ketones is 2. The summed E-state index contributed by atoms with van der Waals surface area (Å²) in [5.41, 5.74) is 0.821. The zero-order chi connectivity index (χ0) is 26.1. The molecule has 2 aromatic carbocycles. The molecule has 182 valence electrons. The summed E-state index contributed by atoms with van der Waals surface area (Å²) in [4.78, 5) is 40.1. The van der Waals surface area contributed by atoms with E-state index in [-0.39, 0.29) is 28.5 Å². The van der Waals surface area contributed by atoms with Crippen LogP contribution in [0.1, 0.15) is 33.1 Å². The minimum atomic E-state index is -2.39. The number of carbonyl (C=O) groups is 3. The third kappa shape index (κ3) is 4.24. The Balaban J connectivity index is 1.54. The summed E-state index contributed by atoms with van der Waals surface area (Å²) >= 11 is 0. The van der Waals surface area contributed by atoms with Gasteiger partial charge in [-0.3, -0.25) is 14.6 Å². The van der Waals surface area contributed by atoms with E-state index in [9.17, 15) is 36.3 Å². The summed E-state index contributed by atoms with van der Waals surface area (Å²) < 4.78 is 71.8. The molecule has 0 saturated heterocycles. The maximum atomic E-state index is 13.8. The number of aromatic nitrogens is 1. The van der Waals surface area contributed by atoms with E-state index >= 15 is 0 Å². The van der Waals surface area contributed by atoms with Crippen molar-refractivity contribution >= 4 is 23.2 Å². The van der Waals surface area contributed by atoms with Gasteiger partial charge < -0.3 is 10.6 Å². The van der Waals surface area contributed by atoms with Crippen molar-refractivity contribution in [1.82, 2.24) is 4.98 Å². The molecule has 0 fully saturated rings. The van der Waals surface area contributed by atoms with Crippen LogP contribution in [0, 0.1) is 29.1 Å². The molecule has 0 bridgehead atoms. The fourth-order valence-corrected chi connectivity index (χ4v) is 3.42. The molecule has 1 heterocycles. The summed E-state index contributed by atoms with van der Waals surface area (Å²) in [5, 5.41) is 3.65. The number of rotatable bonds is 5. The predicted molar refractivity (Wildman–Crippen MR) is 114 cm³/mol. The molecule has 1 aliphatic rings. The van der Waals surface area contributed by atoms with Gasteiger partial charge in [0, 0.05) is 11.8 Å². The molecule has 0 aliphatic heterocycles. The summed E-state index contributed by atoms with van der Waals surface area (Å²) in [6.45, 7) is 0. The second kappa shape index (κ2) is 9.49. The maximum absolute atomic E-state index is 13.8. The van der Waals surface area contributed by atoms with Gasteiger partial charge in [0.2, 0.25) is 34.8 Å². The number of benzene rings is 2. The van der Waals surface area contributed by atoms with Crippen LogP contribution in [0.25, 0.3) is 0 Å². The van der Waals surface area contributed by atoms with E-state index in [4.69, 9.17) is 5.84 Å². The van der Waals surface area contributed by atoms with Gasteiger partial charge in [-0.15, -0.1) is 0 Å². The molecular formula is C24H12F5N3O4. The first-order valence-corrected chi connectivity index (χ1v) is 9.98. The van der Waals surface area contributed by atoms with Gasteiger partial charge in [-0.2, -0.15) is 13.9 Å². The number of halogens is 5. The molecule has 4 rings (SSSR count). The van der Waals surface area contributed by atoms with Crippen LogP contribution in [-0.4, -0.2) is 28.2 Å². The number of allylic oxidation sites excluding steroid dienone is 2. The van der Waals surface area contributed by atoms with E-state index in [0.717, 1.165) is 12.1 Å². The first-order chi connectivity index (χ1) is 17.1. The second-order valence-corrected chi connectivity index (χ2v) is 7.39. The lowest BCUT2D eigenvalue weighted by molar-refractivity contribution is -0.122. The Kier molecular flexibility index (Phi) is 6.43. The van der Waals surface area contributed by atoms with Crippen LogP contribution < -0.4 is 10.6 Å². The van der Waals surface area contributed by atoms with E-state index in [1.54, 1.807) is 0 Å². The highest BCUT2D eigenvalue weighted by atomic mass is 19.2. The number of pyridine rings is 1. The lowest BCUT2D eigenvalue weighted by Crippen LogP contribution is -2.15. The normalized spacial score (nSPS) is 14.0. The second-order valence-electron chi connectivity index (χ2n) is 7.39. The Bertz CT molecular complexity index is 1420. The minimum Gasteiger partial charge on any atom is -0.416 e. The molecule has 3 aromatic rings. The number of nitrogens with two attached hydrogens (primary N) is 1. The summed E-state index contributed by atoms with van der Waals surface area (Å²) in [6, 6.07) is 7.92. The largest absolute Gasteiger partial charge is 0.416 e. The molecule has 0 radical (unpaired) electrons. The number of esters is 1. The highest BCUT2D eigenvalue weighted by Gasteiger charge is 2.30. The lowest BCUT2D eigenvalue weighted by atomic mass is 9.96. The molecule has 36 heavy (non-hydrogen) atoms. The third-order valence-corrected chi connectivity index (χ3v) is 5.23. The number of carbonyl (C=O) groups excluding carboxylic acids is 3. The van der Waals surface area contributed by atoms with Crippen molar-refractivity contribution in [3.8, 4) is 5.75 Å². The average Bonchev–Trinajstić information content (AvgIpc) is 3.23. The number of hydrogen-bond donors (Lipinski definition) is 1. The monoisotopic (exact) mass is 501 g/mol. The van der Waals surface area contributed by atoms with E-state index in [1.165, 1.54) is 42.6 Å². The molecule has 1 aromatic heterocycles. The standard InChI is InChI=1S/C24H12F5N3O4/c25-17-18(26)20(28)23(21(29)19(17)27)36-24(35)11-3-1-10(2-4-11)22(32-30)13-6-5-12(9-31-13)16-14(33)7-8-15(16)34/h1-9,16H,30H2. The van der Waals surface area contributed by atoms with Gasteiger partial charge in [-0.25, -0.2) is 18.0 Å². The van der Waals surface area contributed by atoms with Crippen LogP contribution in [0.15, 0.2) is 59.8 Å². The van der Waals surface area contributed by atoms with Crippen molar-refractivity contribution in [1.29, 1.82) is 0 Å². The van der Waals surface area contributed by atoms with Gasteiger partial charge in [-0.1, -0.05) is 18.2 Å².